The first-order valence-corrected chi connectivity index (χ1v) is 7.46. The Morgan fingerprint density at radius 2 is 1.87 bits per heavy atom. The molecule has 2 aliphatic heterocycles. The maximum atomic E-state index is 12.6. The Balaban J connectivity index is 1.83. The van der Waals surface area contributed by atoms with Crippen LogP contribution in [-0.4, -0.2) is 43.4 Å². The normalized spacial score (nSPS) is 28.4. The number of fused-ring (bicyclic) bond motifs is 2. The number of amides is 1. The first-order chi connectivity index (χ1) is 11.0. The first kappa shape index (κ1) is 15.6. The van der Waals surface area contributed by atoms with Crippen molar-refractivity contribution in [3.05, 3.63) is 18.2 Å². The van der Waals surface area contributed by atoms with Crippen LogP contribution in [0.15, 0.2) is 18.2 Å². The second-order valence-electron chi connectivity index (χ2n) is 5.74. The van der Waals surface area contributed by atoms with Gasteiger partial charge in [-0.2, -0.15) is 0 Å². The van der Waals surface area contributed by atoms with Crippen LogP contribution >= 0.6 is 0 Å². The summed E-state index contributed by atoms with van der Waals surface area (Å²) < 4.78 is 16.0. The maximum Gasteiger partial charge on any atom is 0.310 e. The molecule has 2 bridgehead atoms. The van der Waals surface area contributed by atoms with Crippen LogP contribution in [-0.2, 0) is 14.3 Å². The topological polar surface area (TPSA) is 94.1 Å². The Bertz CT molecular complexity index is 631. The highest BCUT2D eigenvalue weighted by molar-refractivity contribution is 5.97. The number of carbonyl (C=O) groups excluding carboxylic acids is 1. The molecule has 2 N–H and O–H groups in total. The Hall–Kier alpha value is -2.28. The van der Waals surface area contributed by atoms with Gasteiger partial charge in [0, 0.05) is 6.07 Å². The van der Waals surface area contributed by atoms with Gasteiger partial charge in [0.25, 0.3) is 0 Å². The van der Waals surface area contributed by atoms with Crippen molar-refractivity contribution in [3.8, 4) is 11.5 Å². The minimum Gasteiger partial charge on any atom is -0.497 e. The molecule has 2 heterocycles. The molecule has 2 saturated heterocycles. The highest BCUT2D eigenvalue weighted by Gasteiger charge is 2.55. The Morgan fingerprint density at radius 1 is 1.17 bits per heavy atom. The third kappa shape index (κ3) is 2.72. The lowest BCUT2D eigenvalue weighted by atomic mass is 9.78. The van der Waals surface area contributed by atoms with E-state index in [4.69, 9.17) is 14.2 Å². The van der Waals surface area contributed by atoms with Gasteiger partial charge in [-0.25, -0.2) is 0 Å². The van der Waals surface area contributed by atoms with E-state index in [1.807, 2.05) is 0 Å². The van der Waals surface area contributed by atoms with E-state index >= 15 is 0 Å². The molecule has 0 aromatic heterocycles. The van der Waals surface area contributed by atoms with E-state index in [1.54, 1.807) is 18.2 Å². The molecular formula is C16H19NO6. The average Bonchev–Trinajstić information content (AvgIpc) is 3.15. The Labute approximate surface area is 133 Å². The van der Waals surface area contributed by atoms with E-state index in [0.29, 0.717) is 30.0 Å². The zero-order chi connectivity index (χ0) is 16.6. The fraction of sp³-hybridized carbons (Fsp3) is 0.500. The van der Waals surface area contributed by atoms with Crippen LogP contribution in [0.3, 0.4) is 0 Å². The van der Waals surface area contributed by atoms with Gasteiger partial charge in [0.2, 0.25) is 5.91 Å². The molecule has 2 aliphatic rings. The predicted molar refractivity (Wildman–Crippen MR) is 80.7 cm³/mol. The summed E-state index contributed by atoms with van der Waals surface area (Å²) in [6.07, 6.45) is 0.688. The molecule has 2 fully saturated rings. The highest BCUT2D eigenvalue weighted by Crippen LogP contribution is 2.44. The summed E-state index contributed by atoms with van der Waals surface area (Å²) in [7, 11) is 3.02. The van der Waals surface area contributed by atoms with Crippen LogP contribution in [0.4, 0.5) is 5.69 Å². The van der Waals surface area contributed by atoms with Gasteiger partial charge in [0.05, 0.1) is 44.0 Å². The lowest BCUT2D eigenvalue weighted by Gasteiger charge is -2.24. The lowest BCUT2D eigenvalue weighted by molar-refractivity contribution is -0.147. The van der Waals surface area contributed by atoms with E-state index in [1.165, 1.54) is 14.2 Å². The van der Waals surface area contributed by atoms with Gasteiger partial charge < -0.3 is 24.6 Å². The predicted octanol–water partition coefficient (Wildman–Crippen LogP) is 1.52. The van der Waals surface area contributed by atoms with Gasteiger partial charge in [-0.05, 0) is 25.0 Å². The number of hydrogen-bond acceptors (Lipinski definition) is 5. The van der Waals surface area contributed by atoms with Crippen LogP contribution in [0.25, 0.3) is 0 Å². The van der Waals surface area contributed by atoms with Crippen molar-refractivity contribution in [1.29, 1.82) is 0 Å². The van der Waals surface area contributed by atoms with Crippen molar-refractivity contribution >= 4 is 17.6 Å². The minimum absolute atomic E-state index is 0.335. The van der Waals surface area contributed by atoms with Crippen molar-refractivity contribution < 1.29 is 28.9 Å². The van der Waals surface area contributed by atoms with Crippen molar-refractivity contribution in [2.75, 3.05) is 19.5 Å². The van der Waals surface area contributed by atoms with Gasteiger partial charge in [0.1, 0.15) is 11.5 Å². The molecule has 0 saturated carbocycles. The molecule has 7 heteroatoms. The summed E-state index contributed by atoms with van der Waals surface area (Å²) in [6.45, 7) is 0. The molecule has 0 spiro atoms. The molecule has 1 aromatic carbocycles. The average molecular weight is 321 g/mol. The fourth-order valence-electron chi connectivity index (χ4n) is 3.45. The standard InChI is InChI=1S/C16H19NO6/c1-21-8-3-4-10(22-2)9(7-8)17-15(18)13-11-5-6-12(23-11)14(13)16(19)20/h3-4,7,11-14H,5-6H2,1-2H3,(H,17,18)(H,19,20)/t11-,12-,13-,14-/m1/s1. The van der Waals surface area contributed by atoms with E-state index < -0.39 is 17.8 Å². The van der Waals surface area contributed by atoms with Gasteiger partial charge in [-0.1, -0.05) is 0 Å². The number of aliphatic carboxylic acids is 1. The number of carboxylic acid groups (broad SMARTS) is 1. The van der Waals surface area contributed by atoms with Crippen LogP contribution in [0, 0.1) is 11.8 Å². The summed E-state index contributed by atoms with van der Waals surface area (Å²) in [5, 5.41) is 12.2. The van der Waals surface area contributed by atoms with Crippen molar-refractivity contribution in [1.82, 2.24) is 0 Å². The number of hydrogen-bond donors (Lipinski definition) is 2. The van der Waals surface area contributed by atoms with Crippen molar-refractivity contribution in [3.63, 3.8) is 0 Å². The SMILES string of the molecule is COc1ccc(OC)c(NC(=O)[C@H]2[C@H](C(=O)O)[C@H]3CC[C@H]2O3)c1. The molecule has 23 heavy (non-hydrogen) atoms. The largest absolute Gasteiger partial charge is 0.497 e. The smallest absolute Gasteiger partial charge is 0.310 e. The monoisotopic (exact) mass is 321 g/mol. The van der Waals surface area contributed by atoms with Crippen molar-refractivity contribution in [2.45, 2.75) is 25.0 Å². The number of ether oxygens (including phenoxy) is 3. The number of methoxy groups -OCH3 is 2. The number of benzene rings is 1. The molecule has 7 nitrogen and oxygen atoms in total. The van der Waals surface area contributed by atoms with Crippen LogP contribution in [0.2, 0.25) is 0 Å². The summed E-state index contributed by atoms with van der Waals surface area (Å²) in [4.78, 5) is 24.1. The third-order valence-corrected chi connectivity index (χ3v) is 4.53. The maximum absolute atomic E-state index is 12.6. The number of anilines is 1. The first-order valence-electron chi connectivity index (χ1n) is 7.46. The van der Waals surface area contributed by atoms with Gasteiger partial charge in [-0.15, -0.1) is 0 Å². The lowest BCUT2D eigenvalue weighted by Crippen LogP contribution is -2.41. The Morgan fingerprint density at radius 3 is 2.48 bits per heavy atom. The van der Waals surface area contributed by atoms with E-state index in [-0.39, 0.29) is 18.1 Å². The minimum atomic E-state index is -0.991. The fourth-order valence-corrected chi connectivity index (χ4v) is 3.45. The molecule has 4 atom stereocenters. The molecule has 0 aliphatic carbocycles. The molecule has 0 unspecified atom stereocenters. The Kier molecular flexibility index (Phi) is 4.12. The summed E-state index contributed by atoms with van der Waals surface area (Å²) in [6, 6.07) is 5.04. The molecule has 3 rings (SSSR count). The number of carbonyl (C=O) groups is 2. The van der Waals surface area contributed by atoms with Gasteiger partial charge >= 0.3 is 5.97 Å². The number of carboxylic acids is 1. The number of rotatable bonds is 5. The summed E-state index contributed by atoms with van der Waals surface area (Å²) in [5.41, 5.74) is 0.448. The summed E-state index contributed by atoms with van der Waals surface area (Å²) >= 11 is 0. The van der Waals surface area contributed by atoms with Gasteiger partial charge in [0.15, 0.2) is 0 Å². The second-order valence-corrected chi connectivity index (χ2v) is 5.74. The molecule has 0 radical (unpaired) electrons. The molecule has 124 valence electrons. The molecular weight excluding hydrogens is 302 g/mol. The zero-order valence-electron chi connectivity index (χ0n) is 12.9. The third-order valence-electron chi connectivity index (χ3n) is 4.53. The second kappa shape index (κ2) is 6.08. The molecule has 1 amide bonds. The van der Waals surface area contributed by atoms with E-state index in [9.17, 15) is 14.7 Å². The molecule has 1 aromatic rings. The van der Waals surface area contributed by atoms with E-state index in [0.717, 1.165) is 0 Å². The summed E-state index contributed by atoms with van der Waals surface area (Å²) in [5.74, 6) is -1.80. The zero-order valence-corrected chi connectivity index (χ0v) is 12.9. The van der Waals surface area contributed by atoms with Crippen LogP contribution < -0.4 is 14.8 Å². The van der Waals surface area contributed by atoms with Gasteiger partial charge in [-0.3, -0.25) is 9.59 Å². The van der Waals surface area contributed by atoms with Crippen LogP contribution in [0.5, 0.6) is 11.5 Å². The van der Waals surface area contributed by atoms with E-state index in [2.05, 4.69) is 5.32 Å². The highest BCUT2D eigenvalue weighted by atomic mass is 16.5. The van der Waals surface area contributed by atoms with Crippen molar-refractivity contribution in [2.24, 2.45) is 11.8 Å². The van der Waals surface area contributed by atoms with Crippen LogP contribution in [0.1, 0.15) is 12.8 Å². The number of nitrogens with one attached hydrogen (secondary N) is 1. The quantitative estimate of drug-likeness (QED) is 0.854.